The molecular weight excluding hydrogens is 268 g/mol. The van der Waals surface area contributed by atoms with Gasteiger partial charge >= 0.3 is 11.7 Å². The molecular formula is C11H8N4O5. The number of aromatic amines is 2. The van der Waals surface area contributed by atoms with E-state index in [0.29, 0.717) is 0 Å². The third kappa shape index (κ3) is 2.77. The molecule has 20 heavy (non-hydrogen) atoms. The van der Waals surface area contributed by atoms with Crippen LogP contribution >= 0.6 is 0 Å². The highest BCUT2D eigenvalue weighted by Gasteiger charge is 2.07. The first-order valence-electron chi connectivity index (χ1n) is 5.28. The number of aromatic nitrogens is 2. The average molecular weight is 276 g/mol. The summed E-state index contributed by atoms with van der Waals surface area (Å²) < 4.78 is 0. The maximum Gasteiger partial charge on any atom is 0.335 e. The Labute approximate surface area is 110 Å². The van der Waals surface area contributed by atoms with Crippen LogP contribution in [0.4, 0.5) is 11.4 Å². The molecule has 0 spiro atoms. The zero-order chi connectivity index (χ0) is 14.7. The Bertz CT molecular complexity index is 805. The minimum Gasteiger partial charge on any atom is -0.493 e. The largest absolute Gasteiger partial charge is 0.493 e. The molecule has 0 aliphatic heterocycles. The van der Waals surface area contributed by atoms with Crippen molar-refractivity contribution in [2.24, 2.45) is 10.2 Å². The molecule has 1 heterocycles. The van der Waals surface area contributed by atoms with Crippen LogP contribution in [0, 0.1) is 0 Å². The van der Waals surface area contributed by atoms with E-state index in [1.54, 1.807) is 0 Å². The number of hydrogen-bond donors (Lipinski definition) is 4. The van der Waals surface area contributed by atoms with E-state index in [-0.39, 0.29) is 11.3 Å². The highest BCUT2D eigenvalue weighted by atomic mass is 16.4. The van der Waals surface area contributed by atoms with E-state index >= 15 is 0 Å². The van der Waals surface area contributed by atoms with E-state index in [4.69, 9.17) is 5.11 Å². The van der Waals surface area contributed by atoms with Crippen LogP contribution < -0.4 is 11.2 Å². The summed E-state index contributed by atoms with van der Waals surface area (Å²) in [6.45, 7) is 0. The Hall–Kier alpha value is -3.23. The number of hydrogen-bond acceptors (Lipinski definition) is 6. The minimum atomic E-state index is -1.13. The molecule has 4 N–H and O–H groups in total. The molecule has 1 aromatic carbocycles. The van der Waals surface area contributed by atoms with Crippen LogP contribution in [0.15, 0.2) is 44.1 Å². The number of nitrogens with zero attached hydrogens (tertiary/aromatic N) is 2. The van der Waals surface area contributed by atoms with Gasteiger partial charge in [0.2, 0.25) is 11.6 Å². The quantitative estimate of drug-likeness (QED) is 0.614. The Kier molecular flexibility index (Phi) is 3.42. The van der Waals surface area contributed by atoms with Crippen molar-refractivity contribution in [2.75, 3.05) is 0 Å². The van der Waals surface area contributed by atoms with Crippen LogP contribution in [-0.2, 0) is 0 Å². The second-order valence-corrected chi connectivity index (χ2v) is 3.66. The molecule has 9 nitrogen and oxygen atoms in total. The second-order valence-electron chi connectivity index (χ2n) is 3.66. The molecule has 0 saturated heterocycles. The van der Waals surface area contributed by atoms with Gasteiger partial charge in [0, 0.05) is 0 Å². The fraction of sp³-hybridized carbons (Fsp3) is 0. The molecule has 1 aromatic heterocycles. The summed E-state index contributed by atoms with van der Waals surface area (Å²) in [6.07, 6.45) is 0. The first-order chi connectivity index (χ1) is 9.47. The lowest BCUT2D eigenvalue weighted by Gasteiger charge is -1.97. The molecule has 0 fully saturated rings. The maximum atomic E-state index is 11.4. The van der Waals surface area contributed by atoms with E-state index in [1.165, 1.54) is 24.3 Å². The van der Waals surface area contributed by atoms with Gasteiger partial charge in [-0.25, -0.2) is 9.59 Å². The number of aromatic hydroxyl groups is 1. The van der Waals surface area contributed by atoms with Crippen LogP contribution in [0.2, 0.25) is 0 Å². The van der Waals surface area contributed by atoms with Crippen molar-refractivity contribution in [3.05, 3.63) is 50.7 Å². The van der Waals surface area contributed by atoms with Crippen molar-refractivity contribution < 1.29 is 15.0 Å². The number of benzene rings is 1. The standard InChI is InChI=1S/C11H8N4O5/c16-8-7(9(17)13-11(20)12-8)15-14-6-3-1-2-5(4-6)10(18)19/h1-4H,(H,18,19)(H3,12,13,16,17,20). The number of azo groups is 1. The average Bonchev–Trinajstić information content (AvgIpc) is 2.37. The molecule has 2 rings (SSSR count). The lowest BCUT2D eigenvalue weighted by molar-refractivity contribution is 0.0697. The van der Waals surface area contributed by atoms with Gasteiger partial charge in [-0.3, -0.25) is 14.8 Å². The molecule has 9 heteroatoms. The third-order valence-electron chi connectivity index (χ3n) is 2.26. The summed E-state index contributed by atoms with van der Waals surface area (Å²) in [6, 6.07) is 5.52. The van der Waals surface area contributed by atoms with Crippen LogP contribution in [-0.4, -0.2) is 26.2 Å². The normalized spacial score (nSPS) is 10.8. The lowest BCUT2D eigenvalue weighted by atomic mass is 10.2. The summed E-state index contributed by atoms with van der Waals surface area (Å²) >= 11 is 0. The monoisotopic (exact) mass is 276 g/mol. The summed E-state index contributed by atoms with van der Waals surface area (Å²) in [5, 5.41) is 25.3. The van der Waals surface area contributed by atoms with Gasteiger partial charge in [0.1, 0.15) is 0 Å². The highest BCUT2D eigenvalue weighted by molar-refractivity contribution is 5.88. The number of nitrogens with one attached hydrogen (secondary N) is 2. The summed E-state index contributed by atoms with van der Waals surface area (Å²) in [7, 11) is 0. The van der Waals surface area contributed by atoms with Gasteiger partial charge in [0.05, 0.1) is 11.3 Å². The molecule has 0 atom stereocenters. The van der Waals surface area contributed by atoms with Gasteiger partial charge in [0.15, 0.2) is 0 Å². The van der Waals surface area contributed by atoms with Crippen LogP contribution in [0.25, 0.3) is 0 Å². The Morgan fingerprint density at radius 3 is 2.55 bits per heavy atom. The fourth-order valence-electron chi connectivity index (χ4n) is 1.37. The Morgan fingerprint density at radius 2 is 1.90 bits per heavy atom. The molecule has 0 amide bonds. The number of aromatic carboxylic acids is 1. The zero-order valence-electron chi connectivity index (χ0n) is 9.82. The molecule has 0 saturated carbocycles. The van der Waals surface area contributed by atoms with Crippen molar-refractivity contribution in [1.29, 1.82) is 0 Å². The molecule has 0 bridgehead atoms. The first kappa shape index (κ1) is 13.2. The van der Waals surface area contributed by atoms with E-state index < -0.39 is 28.8 Å². The molecule has 0 aliphatic carbocycles. The predicted octanol–water partition coefficient (Wildman–Crippen LogP) is 0.882. The molecule has 2 aromatic rings. The molecule has 0 radical (unpaired) electrons. The van der Waals surface area contributed by atoms with Gasteiger partial charge in [-0.1, -0.05) is 6.07 Å². The Morgan fingerprint density at radius 1 is 1.15 bits per heavy atom. The van der Waals surface area contributed by atoms with E-state index in [9.17, 15) is 19.5 Å². The molecule has 0 unspecified atom stereocenters. The van der Waals surface area contributed by atoms with Gasteiger partial charge < -0.3 is 10.2 Å². The van der Waals surface area contributed by atoms with E-state index in [1.807, 2.05) is 9.97 Å². The van der Waals surface area contributed by atoms with Crippen molar-refractivity contribution >= 4 is 17.3 Å². The van der Waals surface area contributed by atoms with Crippen molar-refractivity contribution in [1.82, 2.24) is 9.97 Å². The Balaban J connectivity index is 2.40. The van der Waals surface area contributed by atoms with Crippen molar-refractivity contribution in [2.45, 2.75) is 0 Å². The minimum absolute atomic E-state index is 0.000972. The number of rotatable bonds is 3. The van der Waals surface area contributed by atoms with Gasteiger partial charge in [-0.2, -0.15) is 5.11 Å². The SMILES string of the molecule is O=C(O)c1cccc(N=Nc2c(O)[nH]c(=O)[nH]c2=O)c1. The van der Waals surface area contributed by atoms with Gasteiger partial charge in [-0.15, -0.1) is 5.11 Å². The van der Waals surface area contributed by atoms with Gasteiger partial charge in [-0.05, 0) is 18.2 Å². The van der Waals surface area contributed by atoms with Crippen LogP contribution in [0.1, 0.15) is 10.4 Å². The first-order valence-corrected chi connectivity index (χ1v) is 5.28. The second kappa shape index (κ2) is 5.18. The third-order valence-corrected chi connectivity index (χ3v) is 2.26. The van der Waals surface area contributed by atoms with E-state index in [0.717, 1.165) is 0 Å². The summed E-state index contributed by atoms with van der Waals surface area (Å²) in [5.74, 6) is -1.86. The predicted molar refractivity (Wildman–Crippen MR) is 66.9 cm³/mol. The van der Waals surface area contributed by atoms with Gasteiger partial charge in [0.25, 0.3) is 5.56 Å². The van der Waals surface area contributed by atoms with Crippen LogP contribution in [0.5, 0.6) is 5.88 Å². The number of H-pyrrole nitrogens is 2. The van der Waals surface area contributed by atoms with Crippen molar-refractivity contribution in [3.8, 4) is 5.88 Å². The van der Waals surface area contributed by atoms with E-state index in [2.05, 4.69) is 10.2 Å². The molecule has 102 valence electrons. The topological polar surface area (TPSA) is 148 Å². The number of carboxylic acids is 1. The molecule has 0 aliphatic rings. The summed E-state index contributed by atoms with van der Waals surface area (Å²) in [5.41, 5.74) is -2.09. The fourth-order valence-corrected chi connectivity index (χ4v) is 1.37. The number of carbonyl (C=O) groups is 1. The zero-order valence-corrected chi connectivity index (χ0v) is 9.82. The number of carboxylic acid groups (broad SMARTS) is 1. The maximum absolute atomic E-state index is 11.4. The smallest absolute Gasteiger partial charge is 0.335 e. The highest BCUT2D eigenvalue weighted by Crippen LogP contribution is 2.21. The van der Waals surface area contributed by atoms with Crippen molar-refractivity contribution in [3.63, 3.8) is 0 Å². The summed E-state index contributed by atoms with van der Waals surface area (Å²) in [4.78, 5) is 36.8. The lowest BCUT2D eigenvalue weighted by Crippen LogP contribution is -2.20. The van der Waals surface area contributed by atoms with Crippen LogP contribution in [0.3, 0.4) is 0 Å².